The van der Waals surface area contributed by atoms with Crippen LogP contribution < -0.4 is 5.73 Å². The zero-order valence-corrected chi connectivity index (χ0v) is 9.70. The largest absolute Gasteiger partial charge is 0.374 e. The first-order valence-electron chi connectivity index (χ1n) is 5.74. The van der Waals surface area contributed by atoms with E-state index >= 15 is 0 Å². The molecule has 0 aromatic heterocycles. The van der Waals surface area contributed by atoms with Crippen LogP contribution >= 0.6 is 0 Å². The average molecular weight is 200 g/mol. The van der Waals surface area contributed by atoms with Gasteiger partial charge in [0.15, 0.2) is 0 Å². The van der Waals surface area contributed by atoms with E-state index in [2.05, 4.69) is 25.8 Å². The zero-order chi connectivity index (χ0) is 10.6. The number of likely N-dealkylation sites (N-methyl/N-ethyl adjacent to an activating group) is 1. The Morgan fingerprint density at radius 1 is 1.43 bits per heavy atom. The molecule has 84 valence electrons. The van der Waals surface area contributed by atoms with Crippen molar-refractivity contribution >= 4 is 0 Å². The minimum absolute atomic E-state index is 0.202. The molecule has 3 nitrogen and oxygen atoms in total. The maximum atomic E-state index is 6.22. The summed E-state index contributed by atoms with van der Waals surface area (Å²) in [7, 11) is 2.13. The van der Waals surface area contributed by atoms with E-state index in [1.807, 2.05) is 0 Å². The van der Waals surface area contributed by atoms with Gasteiger partial charge in [-0.2, -0.15) is 0 Å². The number of rotatable bonds is 4. The van der Waals surface area contributed by atoms with Gasteiger partial charge < -0.3 is 15.4 Å². The fourth-order valence-corrected chi connectivity index (χ4v) is 2.18. The van der Waals surface area contributed by atoms with E-state index in [1.165, 1.54) is 0 Å². The molecule has 0 amide bonds. The van der Waals surface area contributed by atoms with Crippen molar-refractivity contribution in [3.8, 4) is 0 Å². The van der Waals surface area contributed by atoms with E-state index in [1.54, 1.807) is 0 Å². The number of nitrogens with zero attached hydrogens (tertiary/aromatic N) is 1. The Morgan fingerprint density at radius 2 is 2.07 bits per heavy atom. The van der Waals surface area contributed by atoms with Crippen LogP contribution in [0.15, 0.2) is 0 Å². The monoisotopic (exact) mass is 200 g/mol. The highest BCUT2D eigenvalue weighted by Gasteiger charge is 2.28. The maximum absolute atomic E-state index is 6.22. The second-order valence-electron chi connectivity index (χ2n) is 4.33. The molecule has 0 spiro atoms. The predicted molar refractivity (Wildman–Crippen MR) is 59.3 cm³/mol. The lowest BCUT2D eigenvalue weighted by Crippen LogP contribution is -2.52. The zero-order valence-electron chi connectivity index (χ0n) is 9.70. The van der Waals surface area contributed by atoms with Crippen LogP contribution in [0.4, 0.5) is 0 Å². The predicted octanol–water partition coefficient (Wildman–Crippen LogP) is 1.08. The van der Waals surface area contributed by atoms with Gasteiger partial charge in [0.25, 0.3) is 0 Å². The molecule has 1 rings (SSSR count). The summed E-state index contributed by atoms with van der Waals surface area (Å²) in [6.45, 7) is 7.26. The molecule has 1 heterocycles. The third-order valence-corrected chi connectivity index (χ3v) is 3.32. The van der Waals surface area contributed by atoms with Crippen LogP contribution in [-0.2, 0) is 4.74 Å². The SMILES string of the molecule is CCC(CC)C(N)C1CN(C)CCO1. The minimum atomic E-state index is 0.202. The summed E-state index contributed by atoms with van der Waals surface area (Å²) in [6, 6.07) is 0.202. The van der Waals surface area contributed by atoms with Crippen LogP contribution in [0.3, 0.4) is 0 Å². The van der Waals surface area contributed by atoms with Gasteiger partial charge in [0.1, 0.15) is 0 Å². The summed E-state index contributed by atoms with van der Waals surface area (Å²) >= 11 is 0. The van der Waals surface area contributed by atoms with Crippen LogP contribution in [0.25, 0.3) is 0 Å². The summed E-state index contributed by atoms with van der Waals surface area (Å²) in [5, 5.41) is 0. The van der Waals surface area contributed by atoms with Gasteiger partial charge >= 0.3 is 0 Å². The van der Waals surface area contributed by atoms with E-state index in [0.29, 0.717) is 5.92 Å². The Hall–Kier alpha value is -0.120. The molecule has 0 saturated carbocycles. The lowest BCUT2D eigenvalue weighted by molar-refractivity contribution is -0.0422. The fourth-order valence-electron chi connectivity index (χ4n) is 2.18. The van der Waals surface area contributed by atoms with Crippen molar-refractivity contribution < 1.29 is 4.74 Å². The van der Waals surface area contributed by atoms with Crippen molar-refractivity contribution in [3.63, 3.8) is 0 Å². The molecule has 3 heteroatoms. The molecule has 1 fully saturated rings. The lowest BCUT2D eigenvalue weighted by Gasteiger charge is -2.36. The van der Waals surface area contributed by atoms with Crippen molar-refractivity contribution in [2.45, 2.75) is 38.8 Å². The summed E-state index contributed by atoms with van der Waals surface area (Å²) in [4.78, 5) is 2.30. The highest BCUT2D eigenvalue weighted by molar-refractivity contribution is 4.83. The third kappa shape index (κ3) is 2.94. The Morgan fingerprint density at radius 3 is 2.57 bits per heavy atom. The second kappa shape index (κ2) is 5.69. The number of hydrogen-bond acceptors (Lipinski definition) is 3. The molecule has 2 N–H and O–H groups in total. The summed E-state index contributed by atoms with van der Waals surface area (Å²) in [5.41, 5.74) is 6.22. The molecule has 14 heavy (non-hydrogen) atoms. The van der Waals surface area contributed by atoms with Gasteiger partial charge in [-0.1, -0.05) is 26.7 Å². The summed E-state index contributed by atoms with van der Waals surface area (Å²) in [6.07, 6.45) is 2.54. The molecule has 0 aliphatic carbocycles. The molecule has 1 aliphatic heterocycles. The molecule has 0 aromatic rings. The number of hydrogen-bond donors (Lipinski definition) is 1. The summed E-state index contributed by atoms with van der Waals surface area (Å²) < 4.78 is 5.73. The van der Waals surface area contributed by atoms with Crippen molar-refractivity contribution in [3.05, 3.63) is 0 Å². The molecule has 0 bridgehead atoms. The molecule has 0 radical (unpaired) electrons. The van der Waals surface area contributed by atoms with E-state index in [-0.39, 0.29) is 12.1 Å². The first kappa shape index (κ1) is 12.0. The Labute approximate surface area is 87.6 Å². The topological polar surface area (TPSA) is 38.5 Å². The first-order chi connectivity index (χ1) is 6.69. The molecule has 2 unspecified atom stereocenters. The first-order valence-corrected chi connectivity index (χ1v) is 5.74. The van der Waals surface area contributed by atoms with Gasteiger partial charge in [-0.3, -0.25) is 0 Å². The molecule has 1 aliphatic rings. The number of nitrogens with two attached hydrogens (primary N) is 1. The van der Waals surface area contributed by atoms with Crippen LogP contribution in [0.5, 0.6) is 0 Å². The molecular formula is C11H24N2O. The highest BCUT2D eigenvalue weighted by atomic mass is 16.5. The van der Waals surface area contributed by atoms with Crippen molar-refractivity contribution in [2.75, 3.05) is 26.7 Å². The standard InChI is InChI=1S/C11H24N2O/c1-4-9(5-2)11(12)10-8-13(3)6-7-14-10/h9-11H,4-8,12H2,1-3H3. The van der Waals surface area contributed by atoms with E-state index in [4.69, 9.17) is 10.5 Å². The lowest BCUT2D eigenvalue weighted by atomic mass is 9.90. The van der Waals surface area contributed by atoms with E-state index in [9.17, 15) is 0 Å². The van der Waals surface area contributed by atoms with Crippen LogP contribution in [-0.4, -0.2) is 43.8 Å². The van der Waals surface area contributed by atoms with Crippen molar-refractivity contribution in [1.29, 1.82) is 0 Å². The van der Waals surface area contributed by atoms with Crippen LogP contribution in [0, 0.1) is 5.92 Å². The van der Waals surface area contributed by atoms with Crippen molar-refractivity contribution in [1.82, 2.24) is 4.90 Å². The quantitative estimate of drug-likeness (QED) is 0.738. The van der Waals surface area contributed by atoms with Gasteiger partial charge in [-0.15, -0.1) is 0 Å². The number of morpholine rings is 1. The molecule has 1 saturated heterocycles. The van der Waals surface area contributed by atoms with Gasteiger partial charge in [0, 0.05) is 19.1 Å². The van der Waals surface area contributed by atoms with E-state index in [0.717, 1.165) is 32.5 Å². The smallest absolute Gasteiger partial charge is 0.0855 e. The van der Waals surface area contributed by atoms with Gasteiger partial charge in [-0.25, -0.2) is 0 Å². The molecular weight excluding hydrogens is 176 g/mol. The second-order valence-corrected chi connectivity index (χ2v) is 4.33. The van der Waals surface area contributed by atoms with Gasteiger partial charge in [-0.05, 0) is 13.0 Å². The van der Waals surface area contributed by atoms with Crippen LogP contribution in [0.1, 0.15) is 26.7 Å². The minimum Gasteiger partial charge on any atom is -0.374 e. The van der Waals surface area contributed by atoms with Gasteiger partial charge in [0.2, 0.25) is 0 Å². The molecule has 0 aromatic carbocycles. The average Bonchev–Trinajstić information content (AvgIpc) is 2.19. The summed E-state index contributed by atoms with van der Waals surface area (Å²) in [5.74, 6) is 0.603. The molecule has 2 atom stereocenters. The Kier molecular flexibility index (Phi) is 4.85. The Bertz CT molecular complexity index is 159. The highest BCUT2D eigenvalue weighted by Crippen LogP contribution is 2.18. The maximum Gasteiger partial charge on any atom is 0.0855 e. The van der Waals surface area contributed by atoms with Crippen molar-refractivity contribution in [2.24, 2.45) is 11.7 Å². The third-order valence-electron chi connectivity index (χ3n) is 3.32. The fraction of sp³-hybridized carbons (Fsp3) is 1.00. The Balaban J connectivity index is 2.45. The normalized spacial score (nSPS) is 26.8. The van der Waals surface area contributed by atoms with Gasteiger partial charge in [0.05, 0.1) is 12.7 Å². The van der Waals surface area contributed by atoms with Crippen LogP contribution in [0.2, 0.25) is 0 Å². The number of ether oxygens (including phenoxy) is 1. The van der Waals surface area contributed by atoms with E-state index < -0.39 is 0 Å².